The van der Waals surface area contributed by atoms with Crippen LogP contribution >= 0.6 is 23.1 Å². The maximum Gasteiger partial charge on any atom is 0.292 e. The zero-order valence-corrected chi connectivity index (χ0v) is 18.9. The van der Waals surface area contributed by atoms with Gasteiger partial charge in [0.05, 0.1) is 31.5 Å². The number of thioether (sulfide) groups is 1. The number of aliphatic imine (C=N–C) groups is 1. The number of non-ortho nitro benzene ring substituents is 1. The van der Waals surface area contributed by atoms with Crippen molar-refractivity contribution in [1.29, 1.82) is 0 Å². The number of aromatic nitrogens is 1. The molecule has 0 radical (unpaired) electrons. The number of nitrogens with zero attached hydrogens (tertiary/aromatic N) is 4. The van der Waals surface area contributed by atoms with Crippen LogP contribution in [0.25, 0.3) is 10.2 Å². The van der Waals surface area contributed by atoms with Gasteiger partial charge in [-0.2, -0.15) is 0 Å². The summed E-state index contributed by atoms with van der Waals surface area (Å²) in [7, 11) is 0. The van der Waals surface area contributed by atoms with Crippen molar-refractivity contribution in [3.8, 4) is 0 Å². The van der Waals surface area contributed by atoms with Crippen LogP contribution in [-0.2, 0) is 4.79 Å². The summed E-state index contributed by atoms with van der Waals surface area (Å²) in [5.74, 6) is -0.329. The van der Waals surface area contributed by atoms with Crippen molar-refractivity contribution in [2.45, 2.75) is 4.34 Å². The topological polar surface area (TPSA) is 141 Å². The second-order valence-electron chi connectivity index (χ2n) is 6.85. The van der Waals surface area contributed by atoms with Crippen molar-refractivity contribution in [3.05, 3.63) is 92.5 Å². The van der Waals surface area contributed by atoms with Crippen LogP contribution in [0.3, 0.4) is 0 Å². The van der Waals surface area contributed by atoms with Crippen LogP contribution in [0, 0.1) is 20.2 Å². The first-order valence-electron chi connectivity index (χ1n) is 9.74. The van der Waals surface area contributed by atoms with Crippen molar-refractivity contribution in [2.75, 3.05) is 11.1 Å². The van der Waals surface area contributed by atoms with Crippen molar-refractivity contribution in [3.63, 3.8) is 0 Å². The molecule has 0 aliphatic carbocycles. The standard InChI is InChI=1S/C22H15N5O5S2/c28-21(24-17-6-1-2-7-19(17)27(31)32)13-33-22-25-18-9-8-15(11-20(18)34-22)23-12-14-4-3-5-16(10-14)26(29)30/h1-12H,13H2,(H,24,28). The molecule has 4 rings (SSSR count). The number of carbonyl (C=O) groups is 1. The van der Waals surface area contributed by atoms with Crippen molar-refractivity contribution >= 4 is 68.2 Å². The summed E-state index contributed by atoms with van der Waals surface area (Å²) >= 11 is 2.63. The van der Waals surface area contributed by atoms with Gasteiger partial charge in [0.25, 0.3) is 11.4 Å². The Labute approximate surface area is 200 Å². The molecule has 0 aliphatic heterocycles. The molecule has 12 heteroatoms. The van der Waals surface area contributed by atoms with E-state index in [1.54, 1.807) is 30.5 Å². The lowest BCUT2D eigenvalue weighted by Gasteiger charge is -2.04. The summed E-state index contributed by atoms with van der Waals surface area (Å²) in [4.78, 5) is 42.1. The highest BCUT2D eigenvalue weighted by Crippen LogP contribution is 2.32. The van der Waals surface area contributed by atoms with Crippen molar-refractivity contribution in [1.82, 2.24) is 4.98 Å². The fourth-order valence-corrected chi connectivity index (χ4v) is 4.86. The van der Waals surface area contributed by atoms with Gasteiger partial charge in [-0.25, -0.2) is 4.98 Å². The van der Waals surface area contributed by atoms with Crippen LogP contribution in [0.2, 0.25) is 0 Å². The Balaban J connectivity index is 1.41. The van der Waals surface area contributed by atoms with Crippen LogP contribution in [0.1, 0.15) is 5.56 Å². The van der Waals surface area contributed by atoms with E-state index in [1.807, 2.05) is 12.1 Å². The zero-order valence-electron chi connectivity index (χ0n) is 17.3. The minimum absolute atomic E-state index is 0.00516. The number of carbonyl (C=O) groups excluding carboxylic acids is 1. The number of para-hydroxylation sites is 2. The molecule has 170 valence electrons. The number of hydrogen-bond acceptors (Lipinski definition) is 9. The third-order valence-electron chi connectivity index (χ3n) is 4.50. The van der Waals surface area contributed by atoms with E-state index in [0.29, 0.717) is 15.6 Å². The Morgan fingerprint density at radius 3 is 2.68 bits per heavy atom. The number of nitrogens with one attached hydrogen (secondary N) is 1. The molecule has 1 aromatic heterocycles. The number of benzene rings is 3. The van der Waals surface area contributed by atoms with Gasteiger partial charge in [-0.05, 0) is 29.8 Å². The maximum atomic E-state index is 12.3. The van der Waals surface area contributed by atoms with Crippen molar-refractivity contribution < 1.29 is 14.6 Å². The van der Waals surface area contributed by atoms with E-state index in [2.05, 4.69) is 15.3 Å². The summed E-state index contributed by atoms with van der Waals surface area (Å²) in [6.45, 7) is 0. The Hall–Kier alpha value is -4.16. The molecule has 1 heterocycles. The Kier molecular flexibility index (Phi) is 6.90. The lowest BCUT2D eigenvalue weighted by Crippen LogP contribution is -2.15. The van der Waals surface area contributed by atoms with Crippen LogP contribution in [-0.4, -0.2) is 32.7 Å². The molecule has 0 saturated heterocycles. The Bertz CT molecular complexity index is 1440. The van der Waals surface area contributed by atoms with Gasteiger partial charge in [-0.15, -0.1) is 11.3 Å². The summed E-state index contributed by atoms with van der Waals surface area (Å²) < 4.78 is 1.54. The maximum absolute atomic E-state index is 12.3. The average molecular weight is 494 g/mol. The second-order valence-corrected chi connectivity index (χ2v) is 9.11. The van der Waals surface area contributed by atoms with Crippen LogP contribution in [0.5, 0.6) is 0 Å². The van der Waals surface area contributed by atoms with Gasteiger partial charge in [0.1, 0.15) is 5.69 Å². The molecular formula is C22H15N5O5S2. The summed E-state index contributed by atoms with van der Waals surface area (Å²) in [6, 6.07) is 17.6. The number of amides is 1. The molecule has 4 aromatic rings. The number of nitro benzene ring substituents is 2. The third kappa shape index (κ3) is 5.60. The lowest BCUT2D eigenvalue weighted by molar-refractivity contribution is -0.384. The number of nitro groups is 2. The molecule has 0 fully saturated rings. The molecule has 1 N–H and O–H groups in total. The zero-order chi connectivity index (χ0) is 24.1. The predicted molar refractivity (Wildman–Crippen MR) is 132 cm³/mol. The highest BCUT2D eigenvalue weighted by molar-refractivity contribution is 8.01. The average Bonchev–Trinajstić information content (AvgIpc) is 3.24. The highest BCUT2D eigenvalue weighted by atomic mass is 32.2. The molecule has 0 bridgehead atoms. The predicted octanol–water partition coefficient (Wildman–Crippen LogP) is 5.59. The summed E-state index contributed by atoms with van der Waals surface area (Å²) in [5, 5.41) is 24.6. The molecular weight excluding hydrogens is 478 g/mol. The first-order chi connectivity index (χ1) is 16.4. The number of fused-ring (bicyclic) bond motifs is 1. The molecule has 0 spiro atoms. The van der Waals surface area contributed by atoms with E-state index < -0.39 is 9.85 Å². The fourth-order valence-electron chi connectivity index (χ4n) is 2.95. The fraction of sp³-hybridized carbons (Fsp3) is 0.0455. The summed E-state index contributed by atoms with van der Waals surface area (Å²) in [6.07, 6.45) is 1.55. The Morgan fingerprint density at radius 2 is 1.88 bits per heavy atom. The van der Waals surface area contributed by atoms with Gasteiger partial charge in [0.15, 0.2) is 4.34 Å². The monoisotopic (exact) mass is 493 g/mol. The van der Waals surface area contributed by atoms with Gasteiger partial charge in [0.2, 0.25) is 5.91 Å². The van der Waals surface area contributed by atoms with Crippen molar-refractivity contribution in [2.24, 2.45) is 4.99 Å². The van der Waals surface area contributed by atoms with E-state index >= 15 is 0 Å². The number of anilines is 1. The largest absolute Gasteiger partial charge is 0.320 e. The minimum atomic E-state index is -0.546. The van der Waals surface area contributed by atoms with E-state index in [-0.39, 0.29) is 28.7 Å². The first-order valence-corrected chi connectivity index (χ1v) is 11.5. The SMILES string of the molecule is O=C(CSc1nc2ccc(N=Cc3cccc([N+](=O)[O-])c3)cc2s1)Nc1ccccc1[N+](=O)[O-]. The van der Waals surface area contributed by atoms with E-state index in [0.717, 1.165) is 10.2 Å². The van der Waals surface area contributed by atoms with Gasteiger partial charge in [-0.3, -0.25) is 30.0 Å². The summed E-state index contributed by atoms with van der Waals surface area (Å²) in [5.41, 5.74) is 2.00. The number of thiazole rings is 1. The van der Waals surface area contributed by atoms with E-state index in [9.17, 15) is 25.0 Å². The molecule has 0 saturated carbocycles. The van der Waals surface area contributed by atoms with Crippen LogP contribution in [0.15, 0.2) is 76.1 Å². The molecule has 34 heavy (non-hydrogen) atoms. The molecule has 0 aliphatic rings. The third-order valence-corrected chi connectivity index (χ3v) is 6.66. The van der Waals surface area contributed by atoms with Gasteiger partial charge >= 0.3 is 0 Å². The highest BCUT2D eigenvalue weighted by Gasteiger charge is 2.15. The quantitative estimate of drug-likeness (QED) is 0.146. The molecule has 0 unspecified atom stereocenters. The minimum Gasteiger partial charge on any atom is -0.320 e. The molecule has 3 aromatic carbocycles. The van der Waals surface area contributed by atoms with Crippen LogP contribution in [0.4, 0.5) is 22.7 Å². The normalized spacial score (nSPS) is 11.1. The lowest BCUT2D eigenvalue weighted by atomic mass is 10.2. The van der Waals surface area contributed by atoms with Gasteiger partial charge in [-0.1, -0.05) is 36.0 Å². The van der Waals surface area contributed by atoms with E-state index in [4.69, 9.17) is 0 Å². The Morgan fingerprint density at radius 1 is 1.06 bits per heavy atom. The van der Waals surface area contributed by atoms with E-state index in [1.165, 1.54) is 53.4 Å². The van der Waals surface area contributed by atoms with Crippen LogP contribution < -0.4 is 5.32 Å². The smallest absolute Gasteiger partial charge is 0.292 e. The second kappa shape index (κ2) is 10.2. The number of hydrogen-bond donors (Lipinski definition) is 1. The molecule has 10 nitrogen and oxygen atoms in total. The van der Waals surface area contributed by atoms with Gasteiger partial charge in [0, 0.05) is 24.4 Å². The number of rotatable bonds is 8. The molecule has 1 amide bonds. The first kappa shape index (κ1) is 23.0. The van der Waals surface area contributed by atoms with Gasteiger partial charge < -0.3 is 5.32 Å². The molecule has 0 atom stereocenters.